The molecule has 1 aromatic carbocycles. The number of fused-ring (bicyclic) bond motifs is 3. The Hall–Kier alpha value is -3.19. The van der Waals surface area contributed by atoms with Crippen molar-refractivity contribution in [2.24, 2.45) is 0 Å². The van der Waals surface area contributed by atoms with Crippen LogP contribution in [0.5, 0.6) is 0 Å². The average molecular weight is 415 g/mol. The highest BCUT2D eigenvalue weighted by Crippen LogP contribution is 2.37. The van der Waals surface area contributed by atoms with Crippen LogP contribution in [0.15, 0.2) is 48.8 Å². The summed E-state index contributed by atoms with van der Waals surface area (Å²) in [7, 11) is 0. The molecule has 1 saturated heterocycles. The van der Waals surface area contributed by atoms with Crippen molar-refractivity contribution in [3.63, 3.8) is 0 Å². The zero-order valence-corrected chi connectivity index (χ0v) is 17.4. The fourth-order valence-electron chi connectivity index (χ4n) is 5.10. The quantitative estimate of drug-likeness (QED) is 0.515. The summed E-state index contributed by atoms with van der Waals surface area (Å²) in [6.45, 7) is 1.53. The number of β-amino-alcohol motifs (C(OH)–C–C–N with tert-alkyl or cyclic N) is 1. The summed E-state index contributed by atoms with van der Waals surface area (Å²) in [4.78, 5) is 16.2. The van der Waals surface area contributed by atoms with Gasteiger partial charge in [-0.15, -0.1) is 0 Å². The molecule has 1 saturated carbocycles. The lowest BCUT2D eigenvalue weighted by molar-refractivity contribution is 0.198. The van der Waals surface area contributed by atoms with Crippen molar-refractivity contribution in [3.8, 4) is 0 Å². The lowest BCUT2D eigenvalue weighted by Crippen LogP contribution is -2.21. The van der Waals surface area contributed by atoms with Gasteiger partial charge in [-0.1, -0.05) is 31.0 Å². The summed E-state index contributed by atoms with van der Waals surface area (Å²) in [5, 5.41) is 15.3. The fourth-order valence-corrected chi connectivity index (χ4v) is 5.10. The van der Waals surface area contributed by atoms with Gasteiger partial charge in [0.25, 0.3) is 0 Å². The topological polar surface area (TPSA) is 79.1 Å². The van der Waals surface area contributed by atoms with Crippen LogP contribution in [0, 0.1) is 0 Å². The van der Waals surface area contributed by atoms with E-state index in [1.165, 1.54) is 36.6 Å². The Labute approximate surface area is 180 Å². The molecule has 1 aliphatic heterocycles. The highest BCUT2D eigenvalue weighted by molar-refractivity contribution is 6.06. The van der Waals surface area contributed by atoms with E-state index >= 15 is 0 Å². The van der Waals surface area contributed by atoms with Gasteiger partial charge in [0.2, 0.25) is 5.95 Å². The van der Waals surface area contributed by atoms with Gasteiger partial charge in [-0.25, -0.2) is 9.97 Å². The van der Waals surface area contributed by atoms with Crippen molar-refractivity contribution in [2.75, 3.05) is 23.3 Å². The lowest BCUT2D eigenvalue weighted by atomic mass is 10.2. The minimum absolute atomic E-state index is 0.246. The lowest BCUT2D eigenvalue weighted by Gasteiger charge is -2.17. The third kappa shape index (κ3) is 3.29. The molecule has 2 fully saturated rings. The number of anilines is 3. The van der Waals surface area contributed by atoms with E-state index in [4.69, 9.17) is 4.98 Å². The molecule has 0 bridgehead atoms. The van der Waals surface area contributed by atoms with Gasteiger partial charge in [0.15, 0.2) is 0 Å². The molecule has 7 nitrogen and oxygen atoms in total. The van der Waals surface area contributed by atoms with E-state index in [2.05, 4.69) is 49.0 Å². The Kier molecular flexibility index (Phi) is 4.49. The summed E-state index contributed by atoms with van der Waals surface area (Å²) < 4.78 is 2.42. The van der Waals surface area contributed by atoms with Gasteiger partial charge in [-0.05, 0) is 37.5 Å². The maximum Gasteiger partial charge on any atom is 0.230 e. The average Bonchev–Trinajstić information content (AvgIpc) is 3.53. The molecule has 0 amide bonds. The minimum Gasteiger partial charge on any atom is -0.391 e. The standard InChI is InChI=1S/C24H26N6O/c31-18-11-12-29(15-18)17-9-10-22(25-13-17)27-24-26-14-20-19-7-3-4-8-21(19)30(23(20)28-24)16-5-1-2-6-16/h3-4,7-10,13-14,16,18,31H,1-2,5-6,11-12,15H2,(H,25,26,27,28)/t18-/m0/s1. The Morgan fingerprint density at radius 1 is 0.935 bits per heavy atom. The number of nitrogens with one attached hydrogen (secondary N) is 1. The minimum atomic E-state index is -0.246. The smallest absolute Gasteiger partial charge is 0.230 e. The van der Waals surface area contributed by atoms with E-state index in [0.717, 1.165) is 29.7 Å². The number of hydrogen-bond donors (Lipinski definition) is 2. The van der Waals surface area contributed by atoms with E-state index in [-0.39, 0.29) is 6.10 Å². The molecule has 4 heterocycles. The Bertz CT molecular complexity index is 1230. The SMILES string of the molecule is O[C@H]1CCN(c2ccc(Nc3ncc4c5ccccc5n(C5CCCC5)c4n3)nc2)C1. The fraction of sp³-hybridized carbons (Fsp3) is 0.375. The molecule has 0 radical (unpaired) electrons. The first-order valence-corrected chi connectivity index (χ1v) is 11.2. The molecule has 2 aliphatic rings. The Balaban J connectivity index is 1.33. The van der Waals surface area contributed by atoms with Crippen LogP contribution >= 0.6 is 0 Å². The zero-order chi connectivity index (χ0) is 20.8. The van der Waals surface area contributed by atoms with Crippen LogP contribution in [0.4, 0.5) is 17.5 Å². The summed E-state index contributed by atoms with van der Waals surface area (Å²) in [5.41, 5.74) is 3.26. The van der Waals surface area contributed by atoms with Crippen LogP contribution in [0.3, 0.4) is 0 Å². The van der Waals surface area contributed by atoms with E-state index in [9.17, 15) is 5.11 Å². The van der Waals surface area contributed by atoms with E-state index in [1.807, 2.05) is 24.5 Å². The molecule has 4 aromatic rings. The summed E-state index contributed by atoms with van der Waals surface area (Å²) in [6.07, 6.45) is 9.29. The second kappa shape index (κ2) is 7.50. The van der Waals surface area contributed by atoms with Crippen molar-refractivity contribution in [2.45, 2.75) is 44.2 Å². The monoisotopic (exact) mass is 414 g/mol. The van der Waals surface area contributed by atoms with Gasteiger partial charge in [0, 0.05) is 36.1 Å². The Morgan fingerprint density at radius 2 is 1.81 bits per heavy atom. The molecule has 6 rings (SSSR count). The predicted molar refractivity (Wildman–Crippen MR) is 123 cm³/mol. The maximum atomic E-state index is 9.76. The number of benzene rings is 1. The number of aliphatic hydroxyl groups is 1. The maximum absolute atomic E-state index is 9.76. The molecule has 31 heavy (non-hydrogen) atoms. The van der Waals surface area contributed by atoms with E-state index < -0.39 is 0 Å². The van der Waals surface area contributed by atoms with Crippen LogP contribution in [0.2, 0.25) is 0 Å². The first-order chi connectivity index (χ1) is 15.3. The highest BCUT2D eigenvalue weighted by atomic mass is 16.3. The second-order valence-electron chi connectivity index (χ2n) is 8.67. The van der Waals surface area contributed by atoms with Crippen molar-refractivity contribution in [3.05, 3.63) is 48.8 Å². The van der Waals surface area contributed by atoms with Crippen molar-refractivity contribution < 1.29 is 5.11 Å². The molecule has 3 aromatic heterocycles. The highest BCUT2D eigenvalue weighted by Gasteiger charge is 2.23. The first kappa shape index (κ1) is 18.6. The third-order valence-electron chi connectivity index (χ3n) is 6.66. The molecule has 2 N–H and O–H groups in total. The summed E-state index contributed by atoms with van der Waals surface area (Å²) >= 11 is 0. The normalized spacial score (nSPS) is 19.6. The molecule has 158 valence electrons. The number of pyridine rings is 1. The molecule has 0 unspecified atom stereocenters. The first-order valence-electron chi connectivity index (χ1n) is 11.2. The number of nitrogens with zero attached hydrogens (tertiary/aromatic N) is 5. The summed E-state index contributed by atoms with van der Waals surface area (Å²) in [5.74, 6) is 1.28. The largest absolute Gasteiger partial charge is 0.391 e. The van der Waals surface area contributed by atoms with Crippen LogP contribution < -0.4 is 10.2 Å². The van der Waals surface area contributed by atoms with Crippen LogP contribution in [0.25, 0.3) is 21.9 Å². The number of aromatic nitrogens is 4. The molecule has 0 spiro atoms. The van der Waals surface area contributed by atoms with Crippen molar-refractivity contribution >= 4 is 39.4 Å². The van der Waals surface area contributed by atoms with Gasteiger partial charge in [0.05, 0.1) is 23.5 Å². The number of aliphatic hydroxyl groups excluding tert-OH is 1. The number of hydrogen-bond acceptors (Lipinski definition) is 6. The molecule has 7 heteroatoms. The molecular weight excluding hydrogens is 388 g/mol. The van der Waals surface area contributed by atoms with Crippen LogP contribution in [-0.4, -0.2) is 43.8 Å². The zero-order valence-electron chi connectivity index (χ0n) is 17.4. The summed E-state index contributed by atoms with van der Waals surface area (Å²) in [6, 6.07) is 13.0. The van der Waals surface area contributed by atoms with Gasteiger partial charge >= 0.3 is 0 Å². The van der Waals surface area contributed by atoms with E-state index in [0.29, 0.717) is 24.4 Å². The molecule has 1 atom stereocenters. The number of rotatable bonds is 4. The van der Waals surface area contributed by atoms with Gasteiger partial charge < -0.3 is 19.9 Å². The van der Waals surface area contributed by atoms with Crippen LogP contribution in [-0.2, 0) is 0 Å². The Morgan fingerprint density at radius 3 is 2.58 bits per heavy atom. The van der Waals surface area contributed by atoms with E-state index in [1.54, 1.807) is 0 Å². The number of para-hydroxylation sites is 1. The second-order valence-corrected chi connectivity index (χ2v) is 8.67. The van der Waals surface area contributed by atoms with Crippen LogP contribution in [0.1, 0.15) is 38.1 Å². The molecular formula is C24H26N6O. The van der Waals surface area contributed by atoms with Crippen molar-refractivity contribution in [1.29, 1.82) is 0 Å². The predicted octanol–water partition coefficient (Wildman–Crippen LogP) is 4.41. The van der Waals surface area contributed by atoms with Gasteiger partial charge in [0.1, 0.15) is 11.5 Å². The van der Waals surface area contributed by atoms with Crippen molar-refractivity contribution in [1.82, 2.24) is 19.5 Å². The van der Waals surface area contributed by atoms with Gasteiger partial charge in [-0.2, -0.15) is 4.98 Å². The third-order valence-corrected chi connectivity index (χ3v) is 6.66. The molecule has 1 aliphatic carbocycles. The van der Waals surface area contributed by atoms with Gasteiger partial charge in [-0.3, -0.25) is 0 Å².